The molecule has 2 fully saturated rings. The van der Waals surface area contributed by atoms with E-state index in [-0.39, 0.29) is 0 Å². The maximum Gasteiger partial charge on any atom is -0.0287 e. The summed E-state index contributed by atoms with van der Waals surface area (Å²) in [5.41, 5.74) is 1.82. The zero-order valence-corrected chi connectivity index (χ0v) is 11.3. The molecule has 0 aliphatic heterocycles. The van der Waals surface area contributed by atoms with Crippen LogP contribution in [0.4, 0.5) is 0 Å². The van der Waals surface area contributed by atoms with Crippen molar-refractivity contribution >= 4 is 0 Å². The molecule has 1 spiro atoms. The minimum atomic E-state index is 0.549. The summed E-state index contributed by atoms with van der Waals surface area (Å²) < 4.78 is 0. The number of hydrogen-bond acceptors (Lipinski definition) is 0. The van der Waals surface area contributed by atoms with E-state index in [9.17, 15) is 0 Å². The SMILES string of the molecule is CC1CCC2(CC1)CC(C)(C)C(C)(C)C2. The predicted molar refractivity (Wildman–Crippen MR) is 66.9 cm³/mol. The normalized spacial score (nSPS) is 33.4. The van der Waals surface area contributed by atoms with Crippen LogP contribution >= 0.6 is 0 Å². The second-order valence-corrected chi connectivity index (χ2v) is 7.80. The van der Waals surface area contributed by atoms with Gasteiger partial charge in [0, 0.05) is 0 Å². The molecule has 0 atom stereocenters. The van der Waals surface area contributed by atoms with Crippen molar-refractivity contribution in [3.63, 3.8) is 0 Å². The summed E-state index contributed by atoms with van der Waals surface area (Å²) in [5.74, 6) is 0.988. The Labute approximate surface area is 95.8 Å². The zero-order chi connectivity index (χ0) is 11.3. The van der Waals surface area contributed by atoms with Crippen molar-refractivity contribution in [2.45, 2.75) is 73.1 Å². The molecular formula is C15H28. The molecule has 2 saturated carbocycles. The summed E-state index contributed by atoms with van der Waals surface area (Å²) in [6, 6.07) is 0. The van der Waals surface area contributed by atoms with Gasteiger partial charge >= 0.3 is 0 Å². The fourth-order valence-electron chi connectivity index (χ4n) is 4.14. The Hall–Kier alpha value is 0. The maximum absolute atomic E-state index is 2.49. The van der Waals surface area contributed by atoms with E-state index >= 15 is 0 Å². The Morgan fingerprint density at radius 2 is 1.20 bits per heavy atom. The smallest absolute Gasteiger partial charge is 0.0287 e. The second-order valence-electron chi connectivity index (χ2n) is 7.80. The van der Waals surface area contributed by atoms with Crippen molar-refractivity contribution in [1.29, 1.82) is 0 Å². The van der Waals surface area contributed by atoms with Crippen LogP contribution in [0.3, 0.4) is 0 Å². The summed E-state index contributed by atoms with van der Waals surface area (Å²) in [6.07, 6.45) is 8.90. The minimum Gasteiger partial charge on any atom is -0.0625 e. The molecule has 2 aliphatic carbocycles. The highest BCUT2D eigenvalue weighted by Gasteiger charge is 2.54. The summed E-state index contributed by atoms with van der Waals surface area (Å²) in [4.78, 5) is 0. The Balaban J connectivity index is 2.14. The van der Waals surface area contributed by atoms with Crippen LogP contribution in [0.2, 0.25) is 0 Å². The molecule has 0 aromatic heterocycles. The molecular weight excluding hydrogens is 180 g/mol. The first kappa shape index (κ1) is 11.5. The van der Waals surface area contributed by atoms with Gasteiger partial charge in [-0.25, -0.2) is 0 Å². The van der Waals surface area contributed by atoms with Gasteiger partial charge in [0.25, 0.3) is 0 Å². The van der Waals surface area contributed by atoms with Crippen molar-refractivity contribution in [2.24, 2.45) is 22.2 Å². The predicted octanol–water partition coefficient (Wildman–Crippen LogP) is 5.03. The lowest BCUT2D eigenvalue weighted by Crippen LogP contribution is -2.25. The van der Waals surface area contributed by atoms with Crippen LogP contribution in [0.15, 0.2) is 0 Å². The van der Waals surface area contributed by atoms with E-state index in [0.717, 1.165) is 11.3 Å². The van der Waals surface area contributed by atoms with Crippen LogP contribution in [-0.4, -0.2) is 0 Å². The van der Waals surface area contributed by atoms with Gasteiger partial charge in [0.2, 0.25) is 0 Å². The molecule has 0 unspecified atom stereocenters. The molecule has 0 aromatic carbocycles. The lowest BCUT2D eigenvalue weighted by atomic mass is 9.68. The number of rotatable bonds is 0. The van der Waals surface area contributed by atoms with Crippen LogP contribution < -0.4 is 0 Å². The molecule has 15 heavy (non-hydrogen) atoms. The summed E-state index contributed by atoms with van der Waals surface area (Å²) in [7, 11) is 0. The molecule has 88 valence electrons. The quantitative estimate of drug-likeness (QED) is 0.524. The zero-order valence-electron chi connectivity index (χ0n) is 11.3. The molecule has 0 amide bonds. The molecule has 2 rings (SSSR count). The van der Waals surface area contributed by atoms with Gasteiger partial charge in [-0.2, -0.15) is 0 Å². The van der Waals surface area contributed by atoms with Gasteiger partial charge in [-0.05, 0) is 47.8 Å². The molecule has 0 aromatic rings. The van der Waals surface area contributed by atoms with Gasteiger partial charge in [0.15, 0.2) is 0 Å². The van der Waals surface area contributed by atoms with Crippen molar-refractivity contribution in [2.75, 3.05) is 0 Å². The molecule has 0 saturated heterocycles. The average Bonchev–Trinajstić information content (AvgIpc) is 2.25. The maximum atomic E-state index is 2.49. The van der Waals surface area contributed by atoms with Gasteiger partial charge in [0.1, 0.15) is 0 Å². The Morgan fingerprint density at radius 1 is 0.800 bits per heavy atom. The van der Waals surface area contributed by atoms with E-state index in [2.05, 4.69) is 34.6 Å². The molecule has 0 heterocycles. The fourth-order valence-corrected chi connectivity index (χ4v) is 4.14. The Bertz CT molecular complexity index is 221. The van der Waals surface area contributed by atoms with Crippen LogP contribution in [0.25, 0.3) is 0 Å². The number of hydrogen-bond donors (Lipinski definition) is 0. The average molecular weight is 208 g/mol. The van der Waals surface area contributed by atoms with Crippen molar-refractivity contribution in [3.05, 3.63) is 0 Å². The summed E-state index contributed by atoms with van der Waals surface area (Å²) in [5, 5.41) is 0. The monoisotopic (exact) mass is 208 g/mol. The second kappa shape index (κ2) is 3.25. The van der Waals surface area contributed by atoms with Gasteiger partial charge in [0.05, 0.1) is 0 Å². The first-order valence-corrected chi connectivity index (χ1v) is 6.77. The lowest BCUT2D eigenvalue weighted by Gasteiger charge is -2.37. The van der Waals surface area contributed by atoms with E-state index in [1.807, 2.05) is 0 Å². The molecule has 0 radical (unpaired) electrons. The van der Waals surface area contributed by atoms with E-state index in [1.165, 1.54) is 38.5 Å². The van der Waals surface area contributed by atoms with Crippen LogP contribution in [0, 0.1) is 22.2 Å². The highest BCUT2D eigenvalue weighted by molar-refractivity contribution is 5.04. The lowest BCUT2D eigenvalue weighted by molar-refractivity contribution is 0.145. The molecule has 0 nitrogen and oxygen atoms in total. The van der Waals surface area contributed by atoms with Crippen molar-refractivity contribution in [1.82, 2.24) is 0 Å². The van der Waals surface area contributed by atoms with Crippen LogP contribution in [-0.2, 0) is 0 Å². The third-order valence-electron chi connectivity index (χ3n) is 5.80. The van der Waals surface area contributed by atoms with Gasteiger partial charge in [-0.1, -0.05) is 47.5 Å². The molecule has 0 N–H and O–H groups in total. The van der Waals surface area contributed by atoms with E-state index in [0.29, 0.717) is 10.8 Å². The standard InChI is InChI=1S/C15H28/c1-12-6-8-15(9-7-12)10-13(2,3)14(4,5)11-15/h12H,6-11H2,1-5H3. The largest absolute Gasteiger partial charge is 0.0625 e. The van der Waals surface area contributed by atoms with Crippen LogP contribution in [0.5, 0.6) is 0 Å². The van der Waals surface area contributed by atoms with Crippen LogP contribution in [0.1, 0.15) is 73.1 Å². The van der Waals surface area contributed by atoms with Crippen molar-refractivity contribution < 1.29 is 0 Å². The Kier molecular flexibility index (Phi) is 2.48. The topological polar surface area (TPSA) is 0 Å². The first-order valence-electron chi connectivity index (χ1n) is 6.77. The minimum absolute atomic E-state index is 0.549. The van der Waals surface area contributed by atoms with Gasteiger partial charge < -0.3 is 0 Å². The summed E-state index contributed by atoms with van der Waals surface area (Å²) >= 11 is 0. The summed E-state index contributed by atoms with van der Waals surface area (Å²) in [6.45, 7) is 12.4. The fraction of sp³-hybridized carbons (Fsp3) is 1.00. The highest BCUT2D eigenvalue weighted by atomic mass is 14.6. The first-order chi connectivity index (χ1) is 6.77. The highest BCUT2D eigenvalue weighted by Crippen LogP contribution is 2.64. The third kappa shape index (κ3) is 1.85. The van der Waals surface area contributed by atoms with E-state index in [4.69, 9.17) is 0 Å². The molecule has 0 heteroatoms. The van der Waals surface area contributed by atoms with E-state index < -0.39 is 0 Å². The molecule has 0 bridgehead atoms. The third-order valence-corrected chi connectivity index (χ3v) is 5.80. The van der Waals surface area contributed by atoms with E-state index in [1.54, 1.807) is 0 Å². The van der Waals surface area contributed by atoms with Gasteiger partial charge in [-0.15, -0.1) is 0 Å². The Morgan fingerprint density at radius 3 is 1.60 bits per heavy atom. The molecule has 2 aliphatic rings. The van der Waals surface area contributed by atoms with Gasteiger partial charge in [-0.3, -0.25) is 0 Å². The van der Waals surface area contributed by atoms with Crippen molar-refractivity contribution in [3.8, 4) is 0 Å².